The van der Waals surface area contributed by atoms with Gasteiger partial charge in [-0.15, -0.1) is 0 Å². The van der Waals surface area contributed by atoms with Gasteiger partial charge < -0.3 is 14.4 Å². The highest BCUT2D eigenvalue weighted by Gasteiger charge is 2.15. The van der Waals surface area contributed by atoms with Crippen LogP contribution in [0.1, 0.15) is 27.3 Å². The SMILES string of the molecule is Cc1cc(C(=O)COc2ccc(Br)cc2CO)c(C)n1C. The van der Waals surface area contributed by atoms with Crippen molar-refractivity contribution in [2.45, 2.75) is 20.5 Å². The molecule has 0 radical (unpaired) electrons. The Bertz CT molecular complexity index is 676. The Kier molecular flexibility index (Phi) is 4.85. The molecule has 1 aromatic heterocycles. The van der Waals surface area contributed by atoms with Crippen LogP contribution in [0, 0.1) is 13.8 Å². The maximum atomic E-state index is 12.3. The van der Waals surface area contributed by atoms with E-state index < -0.39 is 0 Å². The number of carbonyl (C=O) groups excluding carboxylic acids is 1. The van der Waals surface area contributed by atoms with Gasteiger partial charge in [0, 0.05) is 34.0 Å². The third-order valence-corrected chi connectivity index (χ3v) is 4.12. The molecule has 112 valence electrons. The average molecular weight is 352 g/mol. The minimum Gasteiger partial charge on any atom is -0.485 e. The van der Waals surface area contributed by atoms with Crippen LogP contribution in [0.5, 0.6) is 5.75 Å². The zero-order valence-electron chi connectivity index (χ0n) is 12.3. The van der Waals surface area contributed by atoms with Crippen molar-refractivity contribution in [2.75, 3.05) is 6.61 Å². The monoisotopic (exact) mass is 351 g/mol. The van der Waals surface area contributed by atoms with Gasteiger partial charge in [0.2, 0.25) is 5.78 Å². The van der Waals surface area contributed by atoms with Crippen LogP contribution in [0.2, 0.25) is 0 Å². The van der Waals surface area contributed by atoms with Gasteiger partial charge in [0.15, 0.2) is 6.61 Å². The molecule has 1 aromatic carbocycles. The molecule has 0 fully saturated rings. The summed E-state index contributed by atoms with van der Waals surface area (Å²) in [7, 11) is 1.93. The van der Waals surface area contributed by atoms with E-state index in [0.29, 0.717) is 16.9 Å². The standard InChI is InChI=1S/C16H18BrNO3/c1-10-6-14(11(2)18(10)3)15(20)9-21-16-5-4-13(17)7-12(16)8-19/h4-7,19H,8-9H2,1-3H3. The molecule has 0 aliphatic heterocycles. The van der Waals surface area contributed by atoms with Crippen molar-refractivity contribution in [1.29, 1.82) is 0 Å². The Morgan fingerprint density at radius 2 is 2.05 bits per heavy atom. The Morgan fingerprint density at radius 3 is 2.62 bits per heavy atom. The molecule has 0 bridgehead atoms. The van der Waals surface area contributed by atoms with Crippen molar-refractivity contribution in [3.05, 3.63) is 51.3 Å². The summed E-state index contributed by atoms with van der Waals surface area (Å²) in [6.07, 6.45) is 0. The topological polar surface area (TPSA) is 51.5 Å². The van der Waals surface area contributed by atoms with Crippen molar-refractivity contribution in [2.24, 2.45) is 7.05 Å². The first kappa shape index (κ1) is 15.8. The number of aryl methyl sites for hydroxylation is 1. The molecule has 21 heavy (non-hydrogen) atoms. The average Bonchev–Trinajstić information content (AvgIpc) is 2.73. The zero-order valence-corrected chi connectivity index (χ0v) is 13.9. The van der Waals surface area contributed by atoms with E-state index in [1.54, 1.807) is 12.1 Å². The second-order valence-corrected chi connectivity index (χ2v) is 5.88. The quantitative estimate of drug-likeness (QED) is 0.841. The first-order chi connectivity index (χ1) is 9.93. The Morgan fingerprint density at radius 1 is 1.33 bits per heavy atom. The van der Waals surface area contributed by atoms with E-state index in [-0.39, 0.29) is 19.0 Å². The number of aliphatic hydroxyl groups excluding tert-OH is 1. The van der Waals surface area contributed by atoms with E-state index in [1.165, 1.54) is 0 Å². The highest BCUT2D eigenvalue weighted by molar-refractivity contribution is 9.10. The maximum absolute atomic E-state index is 12.3. The molecule has 2 rings (SSSR count). The third kappa shape index (κ3) is 3.36. The lowest BCUT2D eigenvalue weighted by Gasteiger charge is -2.10. The Hall–Kier alpha value is -1.59. The second-order valence-electron chi connectivity index (χ2n) is 4.97. The number of hydrogen-bond donors (Lipinski definition) is 1. The lowest BCUT2D eigenvalue weighted by atomic mass is 10.1. The van der Waals surface area contributed by atoms with Gasteiger partial charge >= 0.3 is 0 Å². The van der Waals surface area contributed by atoms with Crippen LogP contribution in [0.3, 0.4) is 0 Å². The van der Waals surface area contributed by atoms with E-state index >= 15 is 0 Å². The van der Waals surface area contributed by atoms with Gasteiger partial charge in [0.1, 0.15) is 5.75 Å². The van der Waals surface area contributed by atoms with Gasteiger partial charge in [0.05, 0.1) is 6.61 Å². The lowest BCUT2D eigenvalue weighted by molar-refractivity contribution is 0.0918. The predicted molar refractivity (Wildman–Crippen MR) is 84.8 cm³/mol. The summed E-state index contributed by atoms with van der Waals surface area (Å²) in [6.45, 7) is 3.70. The van der Waals surface area contributed by atoms with Crippen LogP contribution in [0.15, 0.2) is 28.7 Å². The first-order valence-electron chi connectivity index (χ1n) is 6.62. The summed E-state index contributed by atoms with van der Waals surface area (Å²) < 4.78 is 8.40. The molecular weight excluding hydrogens is 334 g/mol. The maximum Gasteiger partial charge on any atom is 0.202 e. The molecule has 0 atom stereocenters. The fourth-order valence-electron chi connectivity index (χ4n) is 2.17. The van der Waals surface area contributed by atoms with Crippen molar-refractivity contribution in [3.8, 4) is 5.75 Å². The molecule has 1 heterocycles. The molecule has 0 spiro atoms. The van der Waals surface area contributed by atoms with Crippen LogP contribution in [0.4, 0.5) is 0 Å². The van der Waals surface area contributed by atoms with Crippen molar-refractivity contribution in [1.82, 2.24) is 4.57 Å². The largest absolute Gasteiger partial charge is 0.485 e. The number of carbonyl (C=O) groups is 1. The summed E-state index contributed by atoms with van der Waals surface area (Å²) >= 11 is 3.34. The highest BCUT2D eigenvalue weighted by atomic mass is 79.9. The van der Waals surface area contributed by atoms with Crippen LogP contribution in [0.25, 0.3) is 0 Å². The normalized spacial score (nSPS) is 10.7. The van der Waals surface area contributed by atoms with Gasteiger partial charge in [-0.3, -0.25) is 4.79 Å². The van der Waals surface area contributed by atoms with E-state index in [9.17, 15) is 9.90 Å². The number of benzene rings is 1. The lowest BCUT2D eigenvalue weighted by Crippen LogP contribution is -2.13. The van der Waals surface area contributed by atoms with Gasteiger partial charge in [-0.05, 0) is 38.1 Å². The van der Waals surface area contributed by atoms with E-state index in [1.807, 2.05) is 37.6 Å². The van der Waals surface area contributed by atoms with Crippen molar-refractivity contribution in [3.63, 3.8) is 0 Å². The fourth-order valence-corrected chi connectivity index (χ4v) is 2.58. The summed E-state index contributed by atoms with van der Waals surface area (Å²) in [4.78, 5) is 12.3. The fraction of sp³-hybridized carbons (Fsp3) is 0.312. The van der Waals surface area contributed by atoms with Gasteiger partial charge in [-0.25, -0.2) is 0 Å². The number of halogens is 1. The molecule has 0 saturated carbocycles. The molecule has 0 unspecified atom stereocenters. The number of rotatable bonds is 5. The molecule has 4 nitrogen and oxygen atoms in total. The van der Waals surface area contributed by atoms with E-state index in [2.05, 4.69) is 15.9 Å². The zero-order chi connectivity index (χ0) is 15.6. The molecule has 0 amide bonds. The van der Waals surface area contributed by atoms with Crippen molar-refractivity contribution < 1.29 is 14.6 Å². The molecule has 0 aliphatic carbocycles. The minimum absolute atomic E-state index is 0.0427. The first-order valence-corrected chi connectivity index (χ1v) is 7.41. The number of aliphatic hydroxyl groups is 1. The molecule has 5 heteroatoms. The van der Waals surface area contributed by atoms with Crippen LogP contribution >= 0.6 is 15.9 Å². The third-order valence-electron chi connectivity index (χ3n) is 3.63. The highest BCUT2D eigenvalue weighted by Crippen LogP contribution is 2.23. The summed E-state index contributed by atoms with van der Waals surface area (Å²) in [6, 6.07) is 7.20. The van der Waals surface area contributed by atoms with Crippen LogP contribution in [-0.4, -0.2) is 22.1 Å². The summed E-state index contributed by atoms with van der Waals surface area (Å²) in [5.41, 5.74) is 3.30. The summed E-state index contributed by atoms with van der Waals surface area (Å²) in [5.74, 6) is 0.461. The number of aromatic nitrogens is 1. The molecule has 0 saturated heterocycles. The number of ether oxygens (including phenoxy) is 1. The van der Waals surface area contributed by atoms with Crippen LogP contribution in [-0.2, 0) is 13.7 Å². The number of nitrogens with zero attached hydrogens (tertiary/aromatic N) is 1. The van der Waals surface area contributed by atoms with Crippen molar-refractivity contribution >= 4 is 21.7 Å². The van der Waals surface area contributed by atoms with E-state index in [0.717, 1.165) is 15.9 Å². The minimum atomic E-state index is -0.133. The molecular formula is C16H18BrNO3. The van der Waals surface area contributed by atoms with Gasteiger partial charge in [0.25, 0.3) is 0 Å². The Labute approximate surface area is 132 Å². The van der Waals surface area contributed by atoms with Gasteiger partial charge in [-0.1, -0.05) is 15.9 Å². The number of Topliss-reactive ketones (excluding diaryl/α,β-unsaturated/α-hetero) is 1. The predicted octanol–water partition coefficient (Wildman–Crippen LogP) is 3.16. The molecule has 0 aliphatic rings. The summed E-state index contributed by atoms with van der Waals surface area (Å²) in [5, 5.41) is 9.32. The molecule has 1 N–H and O–H groups in total. The number of ketones is 1. The second kappa shape index (κ2) is 6.45. The van der Waals surface area contributed by atoms with Crippen LogP contribution < -0.4 is 4.74 Å². The number of hydrogen-bond acceptors (Lipinski definition) is 3. The van der Waals surface area contributed by atoms with E-state index in [4.69, 9.17) is 4.74 Å². The Balaban J connectivity index is 2.13. The van der Waals surface area contributed by atoms with Gasteiger partial charge in [-0.2, -0.15) is 0 Å². The molecule has 2 aromatic rings. The smallest absolute Gasteiger partial charge is 0.202 e.